The zero-order valence-electron chi connectivity index (χ0n) is 4.72. The average molecular weight is 189 g/mol. The van der Waals surface area contributed by atoms with Crippen LogP contribution >= 0.6 is 12.0 Å². The second-order valence-corrected chi connectivity index (χ2v) is 2.89. The molecule has 0 aromatic carbocycles. The molecule has 0 spiro atoms. The first kappa shape index (κ1) is 10.3. The summed E-state index contributed by atoms with van der Waals surface area (Å²) in [5, 5.41) is 7.41. The van der Waals surface area contributed by atoms with Gasteiger partial charge in [0.05, 0.1) is 5.08 Å². The van der Waals surface area contributed by atoms with Crippen LogP contribution in [-0.2, 0) is 25.2 Å². The monoisotopic (exact) mass is 189 g/mol. The molecule has 1 N–H and O–H groups in total. The summed E-state index contributed by atoms with van der Waals surface area (Å²) in [7, 11) is 0. The van der Waals surface area contributed by atoms with Crippen molar-refractivity contribution in [1.82, 2.24) is 0 Å². The summed E-state index contributed by atoms with van der Waals surface area (Å²) in [6.45, 7) is -0.460. The normalized spacial score (nSPS) is 13.4. The summed E-state index contributed by atoms with van der Waals surface area (Å²) in [6.07, 6.45) is 0. The summed E-state index contributed by atoms with van der Waals surface area (Å²) >= 11 is -1.59. The summed E-state index contributed by atoms with van der Waals surface area (Å²) in [4.78, 5) is 7.48. The lowest BCUT2D eigenvalue weighted by Crippen LogP contribution is -1.96. The zero-order chi connectivity index (χ0) is 7.82. The average Bonchev–Trinajstić information content (AvgIpc) is 1.87. The number of hydrogen-bond acceptors (Lipinski definition) is 7. The molecule has 0 radical (unpaired) electrons. The molecule has 0 aromatic heterocycles. The second-order valence-electron chi connectivity index (χ2n) is 0.972. The molecule has 0 heterocycles. The highest BCUT2D eigenvalue weighted by atomic mass is 32.2. The molecule has 0 aliphatic heterocycles. The van der Waals surface area contributed by atoms with Crippen molar-refractivity contribution < 1.29 is 28.1 Å². The molecular formula is C2H5O6S2-. The third kappa shape index (κ3) is 8.30. The van der Waals surface area contributed by atoms with Crippen LogP contribution in [-0.4, -0.2) is 25.9 Å². The lowest BCUT2D eigenvalue weighted by Gasteiger charge is -2.02. The molecule has 6 nitrogen and oxygen atoms in total. The number of rotatable bonds is 6. The predicted molar refractivity (Wildman–Crippen MR) is 32.1 cm³/mol. The minimum atomic E-state index is -2.17. The van der Waals surface area contributed by atoms with E-state index in [1.807, 2.05) is 0 Å². The second kappa shape index (κ2) is 7.41. The van der Waals surface area contributed by atoms with Gasteiger partial charge in [-0.05, 0) is 11.1 Å². The molecular weight excluding hydrogens is 184 g/mol. The van der Waals surface area contributed by atoms with E-state index in [-0.39, 0.29) is 5.08 Å². The Kier molecular flexibility index (Phi) is 7.63. The van der Waals surface area contributed by atoms with Crippen molar-refractivity contribution in [2.45, 2.75) is 0 Å². The predicted octanol–water partition coefficient (Wildman–Crippen LogP) is -0.134. The Morgan fingerprint density at radius 3 is 2.90 bits per heavy atom. The minimum absolute atomic E-state index is 0.231. The van der Waals surface area contributed by atoms with Crippen molar-refractivity contribution in [1.29, 1.82) is 0 Å². The van der Waals surface area contributed by atoms with E-state index in [0.29, 0.717) is 12.0 Å². The molecule has 0 saturated carbocycles. The Hall–Kier alpha value is 0.300. The lowest BCUT2D eigenvalue weighted by atomic mass is 11.5. The Morgan fingerprint density at radius 2 is 2.40 bits per heavy atom. The van der Waals surface area contributed by atoms with Gasteiger partial charge in [-0.1, -0.05) is 0 Å². The van der Waals surface area contributed by atoms with Gasteiger partial charge in [-0.2, -0.15) is 9.22 Å². The molecule has 1 unspecified atom stereocenters. The fraction of sp³-hybridized carbons (Fsp3) is 1.00. The Labute approximate surface area is 63.8 Å². The van der Waals surface area contributed by atoms with Gasteiger partial charge in [-0.3, -0.25) is 4.21 Å². The molecule has 1 atom stereocenters. The van der Waals surface area contributed by atoms with Gasteiger partial charge in [0.2, 0.25) is 6.79 Å². The smallest absolute Gasteiger partial charge is 0.215 e. The van der Waals surface area contributed by atoms with E-state index in [2.05, 4.69) is 14.1 Å². The maximum Gasteiger partial charge on any atom is 0.215 e. The minimum Gasteiger partial charge on any atom is -0.772 e. The largest absolute Gasteiger partial charge is 0.772 e. The molecule has 0 amide bonds. The van der Waals surface area contributed by atoms with Gasteiger partial charge >= 0.3 is 0 Å². The fourth-order valence-corrected chi connectivity index (χ4v) is 0.713. The van der Waals surface area contributed by atoms with Crippen LogP contribution in [0.15, 0.2) is 0 Å². The standard InChI is InChI=1S/C2H6O6S2/c3-6-1-7-8-9-2-10(4)5/h3H,1-2H2,(H,4,5)/p-1. The van der Waals surface area contributed by atoms with Crippen molar-refractivity contribution >= 4 is 23.1 Å². The highest BCUT2D eigenvalue weighted by Gasteiger charge is 1.89. The van der Waals surface area contributed by atoms with Crippen LogP contribution in [0.5, 0.6) is 0 Å². The van der Waals surface area contributed by atoms with Gasteiger partial charge in [0.1, 0.15) is 0 Å². The Balaban J connectivity index is 2.84. The van der Waals surface area contributed by atoms with Gasteiger partial charge in [0, 0.05) is 12.0 Å². The van der Waals surface area contributed by atoms with Gasteiger partial charge in [-0.15, -0.1) is 0 Å². The third-order valence-corrected chi connectivity index (χ3v) is 1.69. The van der Waals surface area contributed by atoms with Crippen LogP contribution in [0.1, 0.15) is 0 Å². The van der Waals surface area contributed by atoms with Gasteiger partial charge in [-0.25, -0.2) is 10.1 Å². The Morgan fingerprint density at radius 1 is 1.70 bits per heavy atom. The van der Waals surface area contributed by atoms with E-state index >= 15 is 0 Å². The number of hydrogen-bond donors (Lipinski definition) is 1. The molecule has 0 aliphatic carbocycles. The van der Waals surface area contributed by atoms with Crippen molar-refractivity contribution in [2.75, 3.05) is 11.9 Å². The SMILES string of the molecule is O=S([O-])CSOOCOO. The van der Waals surface area contributed by atoms with Crippen LogP contribution in [0.4, 0.5) is 0 Å². The maximum absolute atomic E-state index is 9.79. The third-order valence-electron chi connectivity index (χ3n) is 0.341. The van der Waals surface area contributed by atoms with Crippen LogP contribution < -0.4 is 0 Å². The molecule has 0 aliphatic rings. The van der Waals surface area contributed by atoms with Gasteiger partial charge in [0.15, 0.2) is 0 Å². The van der Waals surface area contributed by atoms with Crippen molar-refractivity contribution in [3.05, 3.63) is 0 Å². The van der Waals surface area contributed by atoms with E-state index in [1.54, 1.807) is 0 Å². The van der Waals surface area contributed by atoms with E-state index < -0.39 is 17.9 Å². The van der Waals surface area contributed by atoms with Crippen molar-refractivity contribution in [3.63, 3.8) is 0 Å². The summed E-state index contributed by atoms with van der Waals surface area (Å²) < 4.78 is 23.7. The molecule has 0 saturated heterocycles. The molecule has 0 rings (SSSR count). The molecule has 0 aromatic rings. The first-order valence-corrected chi connectivity index (χ1v) is 4.16. The van der Waals surface area contributed by atoms with Crippen LogP contribution in [0, 0.1) is 0 Å². The molecule has 0 bridgehead atoms. The fourth-order valence-electron chi connectivity index (χ4n) is 0.134. The van der Waals surface area contributed by atoms with Crippen molar-refractivity contribution in [2.24, 2.45) is 0 Å². The molecule has 62 valence electrons. The van der Waals surface area contributed by atoms with Crippen LogP contribution in [0.3, 0.4) is 0 Å². The molecule has 8 heteroatoms. The van der Waals surface area contributed by atoms with E-state index in [9.17, 15) is 8.76 Å². The van der Waals surface area contributed by atoms with Gasteiger partial charge < -0.3 is 4.55 Å². The Bertz CT molecular complexity index is 95.7. The maximum atomic E-state index is 9.79. The summed E-state index contributed by atoms with van der Waals surface area (Å²) in [5.74, 6) is 0. The lowest BCUT2D eigenvalue weighted by molar-refractivity contribution is -0.361. The zero-order valence-corrected chi connectivity index (χ0v) is 6.35. The summed E-state index contributed by atoms with van der Waals surface area (Å²) in [6, 6.07) is 0. The van der Waals surface area contributed by atoms with E-state index in [0.717, 1.165) is 0 Å². The topological polar surface area (TPSA) is 88.1 Å². The van der Waals surface area contributed by atoms with E-state index in [4.69, 9.17) is 5.26 Å². The molecule has 10 heavy (non-hydrogen) atoms. The molecule has 0 fully saturated rings. The highest BCUT2D eigenvalue weighted by molar-refractivity contribution is 8.05. The van der Waals surface area contributed by atoms with Crippen molar-refractivity contribution in [3.8, 4) is 0 Å². The highest BCUT2D eigenvalue weighted by Crippen LogP contribution is 2.03. The first-order valence-electron chi connectivity index (χ1n) is 2.00. The van der Waals surface area contributed by atoms with Crippen LogP contribution in [0.25, 0.3) is 0 Å². The van der Waals surface area contributed by atoms with Gasteiger partial charge in [0.25, 0.3) is 0 Å². The van der Waals surface area contributed by atoms with Crippen LogP contribution in [0.2, 0.25) is 0 Å². The van der Waals surface area contributed by atoms with E-state index in [1.165, 1.54) is 0 Å². The first-order chi connectivity index (χ1) is 4.77. The quantitative estimate of drug-likeness (QED) is 0.155. The summed E-state index contributed by atoms with van der Waals surface area (Å²) in [5.41, 5.74) is 0.